The van der Waals surface area contributed by atoms with Gasteiger partial charge in [-0.15, -0.1) is 0 Å². The first-order valence-corrected chi connectivity index (χ1v) is 7.39. The number of nitrogens with zero attached hydrogens (tertiary/aromatic N) is 1. The molecular formula is C14H25N3O2. The van der Waals surface area contributed by atoms with Crippen molar-refractivity contribution in [3.63, 3.8) is 0 Å². The van der Waals surface area contributed by atoms with Gasteiger partial charge in [-0.2, -0.15) is 0 Å². The van der Waals surface area contributed by atoms with E-state index in [-0.39, 0.29) is 17.7 Å². The van der Waals surface area contributed by atoms with Gasteiger partial charge in [-0.1, -0.05) is 44.2 Å². The molecule has 0 spiro atoms. The zero-order valence-electron chi connectivity index (χ0n) is 11.7. The quantitative estimate of drug-likeness (QED) is 0.316. The molecule has 1 amide bonds. The summed E-state index contributed by atoms with van der Waals surface area (Å²) in [7, 11) is 0. The maximum absolute atomic E-state index is 12.2. The molecule has 0 aromatic heterocycles. The fourth-order valence-corrected chi connectivity index (χ4v) is 3.07. The molecule has 2 atom stereocenters. The Balaban J connectivity index is 2.10. The van der Waals surface area contributed by atoms with E-state index in [2.05, 4.69) is 17.4 Å². The average molecular weight is 267 g/mol. The predicted molar refractivity (Wildman–Crippen MR) is 73.9 cm³/mol. The molecule has 0 aliphatic heterocycles. The Morgan fingerprint density at radius 1 is 1.26 bits per heavy atom. The first-order chi connectivity index (χ1) is 9.09. The maximum Gasteiger partial charge on any atom is 0.224 e. The van der Waals surface area contributed by atoms with Gasteiger partial charge in [-0.25, -0.2) is 0 Å². The molecule has 0 radical (unpaired) electrons. The second kappa shape index (κ2) is 5.80. The van der Waals surface area contributed by atoms with Gasteiger partial charge in [0.15, 0.2) is 5.84 Å². The number of nitrogens with two attached hydrogens (primary N) is 1. The molecule has 0 saturated heterocycles. The van der Waals surface area contributed by atoms with Crippen LogP contribution in [0.2, 0.25) is 0 Å². The van der Waals surface area contributed by atoms with Crippen LogP contribution in [0.25, 0.3) is 0 Å². The second-order valence-electron chi connectivity index (χ2n) is 6.14. The minimum Gasteiger partial charge on any atom is -0.409 e. The average Bonchev–Trinajstić information content (AvgIpc) is 3.09. The van der Waals surface area contributed by atoms with Gasteiger partial charge in [0.2, 0.25) is 5.91 Å². The van der Waals surface area contributed by atoms with E-state index in [1.807, 2.05) is 0 Å². The van der Waals surface area contributed by atoms with E-state index in [9.17, 15) is 4.79 Å². The first kappa shape index (κ1) is 14.2. The molecular weight excluding hydrogens is 242 g/mol. The number of nitrogens with one attached hydrogen (secondary N) is 1. The van der Waals surface area contributed by atoms with Crippen molar-refractivity contribution < 1.29 is 10.0 Å². The molecule has 2 aliphatic rings. The van der Waals surface area contributed by atoms with E-state index in [0.717, 1.165) is 44.9 Å². The minimum atomic E-state index is -0.630. The molecule has 2 fully saturated rings. The molecule has 2 unspecified atom stereocenters. The summed E-state index contributed by atoms with van der Waals surface area (Å²) in [6.45, 7) is 2.08. The molecule has 19 heavy (non-hydrogen) atoms. The molecule has 0 aromatic rings. The van der Waals surface area contributed by atoms with Gasteiger partial charge in [-0.3, -0.25) is 4.79 Å². The van der Waals surface area contributed by atoms with Crippen molar-refractivity contribution in [2.45, 2.75) is 63.8 Å². The van der Waals surface area contributed by atoms with E-state index in [1.54, 1.807) is 0 Å². The van der Waals surface area contributed by atoms with E-state index >= 15 is 0 Å². The van der Waals surface area contributed by atoms with Gasteiger partial charge in [-0.05, 0) is 25.2 Å². The molecule has 2 aliphatic carbocycles. The largest absolute Gasteiger partial charge is 0.409 e. The van der Waals surface area contributed by atoms with Gasteiger partial charge < -0.3 is 16.3 Å². The molecule has 5 heteroatoms. The van der Waals surface area contributed by atoms with E-state index < -0.39 is 5.54 Å². The normalized spacial score (nSPS) is 31.1. The summed E-state index contributed by atoms with van der Waals surface area (Å²) in [5, 5.41) is 15.3. The molecule has 0 bridgehead atoms. The zero-order valence-corrected chi connectivity index (χ0v) is 11.7. The number of carbonyl (C=O) groups excluding carboxylic acids is 1. The molecule has 2 saturated carbocycles. The molecule has 4 N–H and O–H groups in total. The first-order valence-electron chi connectivity index (χ1n) is 7.39. The van der Waals surface area contributed by atoms with E-state index in [1.165, 1.54) is 6.42 Å². The van der Waals surface area contributed by atoms with Gasteiger partial charge in [0, 0.05) is 5.92 Å². The number of rotatable bonds is 3. The SMILES string of the molecule is CC1CC1C(=O)NC1(/C(N)=N/O)CCCCCCC1. The second-order valence-corrected chi connectivity index (χ2v) is 6.14. The third kappa shape index (κ3) is 3.19. The summed E-state index contributed by atoms with van der Waals surface area (Å²) in [4.78, 5) is 12.2. The van der Waals surface area contributed by atoms with E-state index in [4.69, 9.17) is 10.9 Å². The number of hydrogen-bond donors (Lipinski definition) is 3. The lowest BCUT2D eigenvalue weighted by Crippen LogP contribution is -2.58. The summed E-state index contributed by atoms with van der Waals surface area (Å²) < 4.78 is 0. The Morgan fingerprint density at radius 2 is 1.79 bits per heavy atom. The fourth-order valence-electron chi connectivity index (χ4n) is 3.07. The van der Waals surface area contributed by atoms with Crippen LogP contribution in [-0.2, 0) is 4.79 Å². The van der Waals surface area contributed by atoms with Crippen LogP contribution >= 0.6 is 0 Å². The standard InChI is InChI=1S/C14H25N3O2/c1-10-9-11(10)12(18)16-14(13(15)17-19)7-5-3-2-4-6-8-14/h10-11,19H,2-9H2,1H3,(H2,15,17)(H,16,18). The smallest absolute Gasteiger partial charge is 0.224 e. The van der Waals surface area contributed by atoms with Crippen LogP contribution in [0.5, 0.6) is 0 Å². The monoisotopic (exact) mass is 267 g/mol. The molecule has 108 valence electrons. The van der Waals surface area contributed by atoms with Gasteiger partial charge >= 0.3 is 0 Å². The van der Waals surface area contributed by atoms with Crippen LogP contribution in [0, 0.1) is 11.8 Å². The van der Waals surface area contributed by atoms with Crippen LogP contribution in [0.4, 0.5) is 0 Å². The number of hydrogen-bond acceptors (Lipinski definition) is 3. The Labute approximate surface area is 114 Å². The van der Waals surface area contributed by atoms with Crippen LogP contribution in [0.15, 0.2) is 5.16 Å². The van der Waals surface area contributed by atoms with Crippen molar-refractivity contribution in [1.29, 1.82) is 0 Å². The van der Waals surface area contributed by atoms with E-state index in [0.29, 0.717) is 5.92 Å². The lowest BCUT2D eigenvalue weighted by atomic mass is 9.82. The van der Waals surface area contributed by atoms with Gasteiger partial charge in [0.05, 0.1) is 0 Å². The third-order valence-electron chi connectivity index (χ3n) is 4.61. The molecule has 2 rings (SSSR count). The predicted octanol–water partition coefficient (Wildman–Crippen LogP) is 1.99. The molecule has 0 heterocycles. The van der Waals surface area contributed by atoms with Crippen molar-refractivity contribution in [3.8, 4) is 0 Å². The summed E-state index contributed by atoms with van der Waals surface area (Å²) in [6, 6.07) is 0. The Kier molecular flexibility index (Phi) is 4.32. The summed E-state index contributed by atoms with van der Waals surface area (Å²) in [5.41, 5.74) is 5.26. The molecule has 5 nitrogen and oxygen atoms in total. The highest BCUT2D eigenvalue weighted by atomic mass is 16.4. The Hall–Kier alpha value is -1.26. The number of carbonyl (C=O) groups is 1. The zero-order chi connectivity index (χ0) is 13.9. The van der Waals surface area contributed by atoms with Crippen molar-refractivity contribution >= 4 is 11.7 Å². The van der Waals surface area contributed by atoms with Crippen molar-refractivity contribution in [2.75, 3.05) is 0 Å². The van der Waals surface area contributed by atoms with Crippen LogP contribution in [0.1, 0.15) is 58.3 Å². The van der Waals surface area contributed by atoms with Crippen molar-refractivity contribution in [1.82, 2.24) is 5.32 Å². The van der Waals surface area contributed by atoms with Crippen molar-refractivity contribution in [2.24, 2.45) is 22.7 Å². The topological polar surface area (TPSA) is 87.7 Å². The lowest BCUT2D eigenvalue weighted by Gasteiger charge is -2.35. The van der Waals surface area contributed by atoms with Crippen LogP contribution in [-0.4, -0.2) is 22.5 Å². The summed E-state index contributed by atoms with van der Waals surface area (Å²) >= 11 is 0. The van der Waals surface area contributed by atoms with Crippen LogP contribution < -0.4 is 11.1 Å². The van der Waals surface area contributed by atoms with Crippen molar-refractivity contribution in [3.05, 3.63) is 0 Å². The summed E-state index contributed by atoms with van der Waals surface area (Å²) in [6.07, 6.45) is 8.06. The maximum atomic E-state index is 12.2. The number of oxime groups is 1. The molecule has 0 aromatic carbocycles. The number of amidine groups is 1. The van der Waals surface area contributed by atoms with Gasteiger partial charge in [0.1, 0.15) is 5.54 Å². The highest BCUT2D eigenvalue weighted by molar-refractivity contribution is 5.95. The Bertz CT molecular complexity index is 360. The summed E-state index contributed by atoms with van der Waals surface area (Å²) in [5.74, 6) is 0.822. The lowest BCUT2D eigenvalue weighted by molar-refractivity contribution is -0.124. The highest BCUT2D eigenvalue weighted by Crippen LogP contribution is 2.39. The fraction of sp³-hybridized carbons (Fsp3) is 0.857. The number of amides is 1. The minimum absolute atomic E-state index is 0.0691. The van der Waals surface area contributed by atoms with Gasteiger partial charge in [0.25, 0.3) is 0 Å². The van der Waals surface area contributed by atoms with Crippen LogP contribution in [0.3, 0.4) is 0 Å². The third-order valence-corrected chi connectivity index (χ3v) is 4.61. The Morgan fingerprint density at radius 3 is 2.26 bits per heavy atom. The highest BCUT2D eigenvalue weighted by Gasteiger charge is 2.44.